The zero-order valence-electron chi connectivity index (χ0n) is 9.77. The standard InChI is InChI=1S/C11H13Br2NO2S2/c1-8-7-14(4-5-17-8)18(15,16)11-6-9(12)2-3-10(11)13/h2-3,6,8H,4-5,7H2,1H3. The fourth-order valence-electron chi connectivity index (χ4n) is 1.82. The average Bonchev–Trinajstić information content (AvgIpc) is 2.32. The summed E-state index contributed by atoms with van der Waals surface area (Å²) in [6, 6.07) is 5.21. The summed E-state index contributed by atoms with van der Waals surface area (Å²) in [5.74, 6) is 0.853. The van der Waals surface area contributed by atoms with E-state index >= 15 is 0 Å². The number of halogens is 2. The molecule has 18 heavy (non-hydrogen) atoms. The summed E-state index contributed by atoms with van der Waals surface area (Å²) in [7, 11) is -3.40. The van der Waals surface area contributed by atoms with E-state index in [4.69, 9.17) is 0 Å². The average molecular weight is 415 g/mol. The van der Waals surface area contributed by atoms with Gasteiger partial charge in [-0.3, -0.25) is 0 Å². The number of hydrogen-bond acceptors (Lipinski definition) is 3. The number of sulfonamides is 1. The highest BCUT2D eigenvalue weighted by Gasteiger charge is 2.30. The van der Waals surface area contributed by atoms with E-state index in [1.807, 2.05) is 17.8 Å². The van der Waals surface area contributed by atoms with Gasteiger partial charge in [0.1, 0.15) is 0 Å². The van der Waals surface area contributed by atoms with Crippen LogP contribution in [0.1, 0.15) is 6.92 Å². The van der Waals surface area contributed by atoms with Gasteiger partial charge in [0.05, 0.1) is 4.90 Å². The van der Waals surface area contributed by atoms with E-state index in [2.05, 4.69) is 38.8 Å². The predicted octanol–water partition coefficient (Wildman–Crippen LogP) is 3.34. The van der Waals surface area contributed by atoms with Crippen molar-refractivity contribution in [2.24, 2.45) is 0 Å². The Morgan fingerprint density at radius 1 is 1.39 bits per heavy atom. The van der Waals surface area contributed by atoms with Crippen LogP contribution in [0.5, 0.6) is 0 Å². The molecular formula is C11H13Br2NO2S2. The van der Waals surface area contributed by atoms with Crippen LogP contribution in [0, 0.1) is 0 Å². The molecule has 0 bridgehead atoms. The van der Waals surface area contributed by atoms with E-state index in [-0.39, 0.29) is 0 Å². The molecule has 0 saturated carbocycles. The molecule has 1 aromatic rings. The third-order valence-corrected chi connectivity index (χ3v) is 7.20. The fourth-order valence-corrected chi connectivity index (χ4v) is 6.04. The molecule has 1 fully saturated rings. The van der Waals surface area contributed by atoms with E-state index in [1.54, 1.807) is 16.4 Å². The topological polar surface area (TPSA) is 37.4 Å². The van der Waals surface area contributed by atoms with Gasteiger partial charge in [0, 0.05) is 33.0 Å². The van der Waals surface area contributed by atoms with Gasteiger partial charge in [-0.15, -0.1) is 0 Å². The minimum Gasteiger partial charge on any atom is -0.207 e. The first kappa shape index (κ1) is 14.8. The highest BCUT2D eigenvalue weighted by atomic mass is 79.9. The molecule has 3 nitrogen and oxygen atoms in total. The monoisotopic (exact) mass is 413 g/mol. The Hall–Kier alpha value is 0.440. The molecule has 0 aliphatic carbocycles. The lowest BCUT2D eigenvalue weighted by atomic mass is 10.4. The van der Waals surface area contributed by atoms with Crippen LogP contribution in [0.4, 0.5) is 0 Å². The summed E-state index contributed by atoms with van der Waals surface area (Å²) in [5.41, 5.74) is 0. The van der Waals surface area contributed by atoms with Crippen molar-refractivity contribution in [1.82, 2.24) is 4.31 Å². The fraction of sp³-hybridized carbons (Fsp3) is 0.455. The van der Waals surface area contributed by atoms with E-state index in [9.17, 15) is 8.42 Å². The lowest BCUT2D eigenvalue weighted by Gasteiger charge is -2.30. The summed E-state index contributed by atoms with van der Waals surface area (Å²) in [4.78, 5) is 0.330. The Morgan fingerprint density at radius 3 is 2.78 bits per heavy atom. The smallest absolute Gasteiger partial charge is 0.207 e. The van der Waals surface area contributed by atoms with Crippen molar-refractivity contribution in [2.75, 3.05) is 18.8 Å². The summed E-state index contributed by atoms with van der Waals surface area (Å²) < 4.78 is 28.1. The molecule has 7 heteroatoms. The van der Waals surface area contributed by atoms with Gasteiger partial charge in [-0.05, 0) is 34.1 Å². The Morgan fingerprint density at radius 2 is 2.11 bits per heavy atom. The van der Waals surface area contributed by atoms with Crippen molar-refractivity contribution in [1.29, 1.82) is 0 Å². The molecule has 0 aromatic heterocycles. The zero-order valence-corrected chi connectivity index (χ0v) is 14.6. The first-order chi connectivity index (χ1) is 8.41. The minimum absolute atomic E-state index is 0.330. The molecule has 1 aromatic carbocycles. The van der Waals surface area contributed by atoms with Crippen LogP contribution in [0.15, 0.2) is 32.0 Å². The molecule has 0 N–H and O–H groups in total. The van der Waals surface area contributed by atoms with Gasteiger partial charge in [-0.2, -0.15) is 16.1 Å². The van der Waals surface area contributed by atoms with Gasteiger partial charge in [-0.25, -0.2) is 8.42 Å². The van der Waals surface area contributed by atoms with Gasteiger partial charge in [-0.1, -0.05) is 22.9 Å². The van der Waals surface area contributed by atoms with Crippen LogP contribution < -0.4 is 0 Å². The van der Waals surface area contributed by atoms with Gasteiger partial charge in [0.2, 0.25) is 10.0 Å². The molecule has 100 valence electrons. The first-order valence-electron chi connectivity index (χ1n) is 5.48. The quantitative estimate of drug-likeness (QED) is 0.744. The molecule has 1 aliphatic heterocycles. The molecule has 2 rings (SSSR count). The van der Waals surface area contributed by atoms with Crippen molar-refractivity contribution >= 4 is 53.6 Å². The maximum atomic E-state index is 12.6. The third kappa shape index (κ3) is 3.12. The van der Waals surface area contributed by atoms with Crippen molar-refractivity contribution in [3.8, 4) is 0 Å². The maximum Gasteiger partial charge on any atom is 0.244 e. The van der Waals surface area contributed by atoms with Crippen LogP contribution in [-0.4, -0.2) is 36.8 Å². The van der Waals surface area contributed by atoms with E-state index < -0.39 is 10.0 Å². The lowest BCUT2D eigenvalue weighted by molar-refractivity contribution is 0.424. The second-order valence-corrected chi connectivity index (χ2v) is 9.34. The van der Waals surface area contributed by atoms with E-state index in [0.29, 0.717) is 27.7 Å². The largest absolute Gasteiger partial charge is 0.244 e. The molecular weight excluding hydrogens is 402 g/mol. The van der Waals surface area contributed by atoms with Crippen LogP contribution in [0.25, 0.3) is 0 Å². The van der Waals surface area contributed by atoms with Crippen LogP contribution in [0.3, 0.4) is 0 Å². The number of nitrogens with zero attached hydrogens (tertiary/aromatic N) is 1. The van der Waals surface area contributed by atoms with Gasteiger partial charge < -0.3 is 0 Å². The summed E-state index contributed by atoms with van der Waals surface area (Å²) >= 11 is 8.45. The second-order valence-electron chi connectivity index (χ2n) is 4.12. The zero-order chi connectivity index (χ0) is 13.3. The molecule has 1 atom stereocenters. The van der Waals surface area contributed by atoms with Crippen LogP contribution in [0.2, 0.25) is 0 Å². The Balaban J connectivity index is 2.38. The molecule has 0 amide bonds. The molecule has 0 spiro atoms. The van der Waals surface area contributed by atoms with Crippen LogP contribution >= 0.6 is 43.6 Å². The van der Waals surface area contributed by atoms with Gasteiger partial charge in [0.15, 0.2) is 0 Å². The van der Waals surface area contributed by atoms with Crippen molar-refractivity contribution in [3.63, 3.8) is 0 Å². The Bertz CT molecular complexity index is 548. The van der Waals surface area contributed by atoms with Gasteiger partial charge in [0.25, 0.3) is 0 Å². The summed E-state index contributed by atoms with van der Waals surface area (Å²) in [5, 5.41) is 0.347. The molecule has 1 saturated heterocycles. The normalized spacial score (nSPS) is 22.1. The maximum absolute atomic E-state index is 12.6. The Labute approximate surface area is 129 Å². The minimum atomic E-state index is -3.40. The Kier molecular flexibility index (Phi) is 4.80. The number of thioether (sulfide) groups is 1. The highest BCUT2D eigenvalue weighted by Crippen LogP contribution is 2.30. The first-order valence-corrected chi connectivity index (χ1v) is 9.55. The second kappa shape index (κ2) is 5.83. The SMILES string of the molecule is CC1CN(S(=O)(=O)c2cc(Br)ccc2Br)CCS1. The van der Waals surface area contributed by atoms with Crippen molar-refractivity contribution in [3.05, 3.63) is 27.1 Å². The lowest BCUT2D eigenvalue weighted by Crippen LogP contribution is -2.41. The molecule has 1 aliphatic rings. The summed E-state index contributed by atoms with van der Waals surface area (Å²) in [6.07, 6.45) is 0. The predicted molar refractivity (Wildman–Crippen MR) is 82.5 cm³/mol. The van der Waals surface area contributed by atoms with Crippen molar-refractivity contribution in [2.45, 2.75) is 17.1 Å². The van der Waals surface area contributed by atoms with E-state index in [1.165, 1.54) is 0 Å². The molecule has 1 heterocycles. The number of hydrogen-bond donors (Lipinski definition) is 0. The van der Waals surface area contributed by atoms with Crippen LogP contribution in [-0.2, 0) is 10.0 Å². The molecule has 0 radical (unpaired) electrons. The highest BCUT2D eigenvalue weighted by molar-refractivity contribution is 9.11. The van der Waals surface area contributed by atoms with Gasteiger partial charge >= 0.3 is 0 Å². The summed E-state index contributed by atoms with van der Waals surface area (Å²) in [6.45, 7) is 3.21. The molecule has 1 unspecified atom stereocenters. The number of rotatable bonds is 2. The van der Waals surface area contributed by atoms with Crippen molar-refractivity contribution < 1.29 is 8.42 Å². The third-order valence-electron chi connectivity index (χ3n) is 2.71. The van der Waals surface area contributed by atoms with E-state index in [0.717, 1.165) is 10.2 Å². The number of benzene rings is 1.